The van der Waals surface area contributed by atoms with E-state index in [2.05, 4.69) is 5.32 Å². The van der Waals surface area contributed by atoms with Gasteiger partial charge < -0.3 is 10.4 Å². The van der Waals surface area contributed by atoms with Crippen LogP contribution in [0.25, 0.3) is 0 Å². The topological polar surface area (TPSA) is 32.3 Å². The molecule has 2 aromatic carbocycles. The highest BCUT2D eigenvalue weighted by Crippen LogP contribution is 2.17. The van der Waals surface area contributed by atoms with Gasteiger partial charge in [-0.2, -0.15) is 0 Å². The molecule has 1 unspecified atom stereocenters. The Hall–Kier alpha value is -1.71. The van der Waals surface area contributed by atoms with Gasteiger partial charge in [0.25, 0.3) is 0 Å². The molecule has 106 valence electrons. The van der Waals surface area contributed by atoms with Crippen LogP contribution in [0, 0.1) is 12.7 Å². The van der Waals surface area contributed by atoms with E-state index in [1.165, 1.54) is 0 Å². The van der Waals surface area contributed by atoms with Crippen molar-refractivity contribution in [3.8, 4) is 0 Å². The molecule has 0 saturated heterocycles. The summed E-state index contributed by atoms with van der Waals surface area (Å²) in [4.78, 5) is 0. The van der Waals surface area contributed by atoms with Gasteiger partial charge in [0, 0.05) is 12.6 Å². The maximum absolute atomic E-state index is 13.5. The average Bonchev–Trinajstić information content (AvgIpc) is 2.47. The lowest BCUT2D eigenvalue weighted by Crippen LogP contribution is -2.18. The number of nitrogens with one attached hydrogen (secondary N) is 1. The van der Waals surface area contributed by atoms with Gasteiger partial charge in [-0.1, -0.05) is 36.4 Å². The maximum atomic E-state index is 13.5. The minimum atomic E-state index is -0.168. The van der Waals surface area contributed by atoms with Crippen molar-refractivity contribution in [3.05, 3.63) is 70.5 Å². The Kier molecular flexibility index (Phi) is 4.88. The van der Waals surface area contributed by atoms with Crippen molar-refractivity contribution in [1.82, 2.24) is 5.32 Å². The number of hydrogen-bond acceptors (Lipinski definition) is 2. The molecule has 0 radical (unpaired) electrons. The number of hydrogen-bond donors (Lipinski definition) is 2. The Morgan fingerprint density at radius 1 is 1.15 bits per heavy atom. The van der Waals surface area contributed by atoms with Crippen LogP contribution in [0.5, 0.6) is 0 Å². The maximum Gasteiger partial charge on any atom is 0.126 e. The molecule has 0 bridgehead atoms. The highest BCUT2D eigenvalue weighted by molar-refractivity contribution is 5.26. The zero-order valence-corrected chi connectivity index (χ0v) is 11.9. The highest BCUT2D eigenvalue weighted by atomic mass is 19.1. The Balaban J connectivity index is 2.00. The summed E-state index contributed by atoms with van der Waals surface area (Å²) >= 11 is 0. The van der Waals surface area contributed by atoms with E-state index in [0.29, 0.717) is 12.1 Å². The van der Waals surface area contributed by atoms with Gasteiger partial charge in [-0.05, 0) is 42.2 Å². The van der Waals surface area contributed by atoms with Crippen LogP contribution in [0.15, 0.2) is 42.5 Å². The summed E-state index contributed by atoms with van der Waals surface area (Å²) in [6, 6.07) is 13.2. The summed E-state index contributed by atoms with van der Waals surface area (Å²) in [6.45, 7) is 4.51. The van der Waals surface area contributed by atoms with Crippen LogP contribution in [0.2, 0.25) is 0 Å². The molecule has 0 heterocycles. The van der Waals surface area contributed by atoms with E-state index < -0.39 is 0 Å². The second-order valence-corrected chi connectivity index (χ2v) is 5.09. The fourth-order valence-corrected chi connectivity index (χ4v) is 2.11. The average molecular weight is 273 g/mol. The van der Waals surface area contributed by atoms with Gasteiger partial charge in [-0.25, -0.2) is 4.39 Å². The number of aliphatic hydroxyl groups is 1. The number of halogens is 1. The molecule has 0 fully saturated rings. The lowest BCUT2D eigenvalue weighted by molar-refractivity contribution is 0.281. The van der Waals surface area contributed by atoms with Crippen molar-refractivity contribution >= 4 is 0 Å². The summed E-state index contributed by atoms with van der Waals surface area (Å²) in [6.07, 6.45) is 0. The lowest BCUT2D eigenvalue weighted by atomic mass is 10.1. The van der Waals surface area contributed by atoms with Gasteiger partial charge in [0.05, 0.1) is 6.61 Å². The molecule has 2 nitrogen and oxygen atoms in total. The summed E-state index contributed by atoms with van der Waals surface area (Å²) in [5.41, 5.74) is 3.61. The normalized spacial score (nSPS) is 12.4. The molecule has 20 heavy (non-hydrogen) atoms. The van der Waals surface area contributed by atoms with E-state index in [-0.39, 0.29) is 18.5 Å². The summed E-state index contributed by atoms with van der Waals surface area (Å²) in [5, 5.41) is 12.5. The summed E-state index contributed by atoms with van der Waals surface area (Å²) < 4.78 is 13.5. The van der Waals surface area contributed by atoms with Gasteiger partial charge in [-0.15, -0.1) is 0 Å². The smallest absolute Gasteiger partial charge is 0.126 e. The van der Waals surface area contributed by atoms with Crippen LogP contribution in [0.1, 0.15) is 35.2 Å². The molecule has 0 saturated carbocycles. The number of aryl methyl sites for hydroxylation is 1. The fourth-order valence-electron chi connectivity index (χ4n) is 2.11. The van der Waals surface area contributed by atoms with Crippen molar-refractivity contribution in [2.75, 3.05) is 0 Å². The Morgan fingerprint density at radius 3 is 2.60 bits per heavy atom. The minimum absolute atomic E-state index is 0.0482. The van der Waals surface area contributed by atoms with Crippen molar-refractivity contribution in [1.29, 1.82) is 0 Å². The van der Waals surface area contributed by atoms with E-state index in [1.807, 2.05) is 37.3 Å². The van der Waals surface area contributed by atoms with Crippen LogP contribution < -0.4 is 5.32 Å². The van der Waals surface area contributed by atoms with Crippen molar-refractivity contribution in [2.24, 2.45) is 0 Å². The van der Waals surface area contributed by atoms with Gasteiger partial charge in [-0.3, -0.25) is 0 Å². The van der Waals surface area contributed by atoms with Crippen LogP contribution in [-0.2, 0) is 13.2 Å². The first kappa shape index (κ1) is 14.7. The van der Waals surface area contributed by atoms with Crippen molar-refractivity contribution in [2.45, 2.75) is 33.0 Å². The van der Waals surface area contributed by atoms with E-state index in [1.54, 1.807) is 19.1 Å². The third-order valence-electron chi connectivity index (χ3n) is 3.48. The molecule has 2 aromatic rings. The van der Waals surface area contributed by atoms with Gasteiger partial charge in [0.15, 0.2) is 0 Å². The van der Waals surface area contributed by atoms with E-state index in [9.17, 15) is 4.39 Å². The van der Waals surface area contributed by atoms with Crippen molar-refractivity contribution in [3.63, 3.8) is 0 Å². The third kappa shape index (κ3) is 3.65. The number of rotatable bonds is 5. The fraction of sp³-hybridized carbons (Fsp3) is 0.294. The zero-order chi connectivity index (χ0) is 14.5. The van der Waals surface area contributed by atoms with Gasteiger partial charge in [0.1, 0.15) is 5.82 Å². The molecule has 0 spiro atoms. The predicted octanol–water partition coefficient (Wildman–Crippen LogP) is 3.48. The largest absolute Gasteiger partial charge is 0.392 e. The summed E-state index contributed by atoms with van der Waals surface area (Å²) in [7, 11) is 0. The first-order valence-electron chi connectivity index (χ1n) is 6.78. The molecule has 0 aliphatic heterocycles. The molecule has 2 N–H and O–H groups in total. The van der Waals surface area contributed by atoms with E-state index in [0.717, 1.165) is 16.7 Å². The molecule has 0 amide bonds. The zero-order valence-electron chi connectivity index (χ0n) is 11.9. The van der Waals surface area contributed by atoms with Crippen LogP contribution in [0.4, 0.5) is 4.39 Å². The van der Waals surface area contributed by atoms with Gasteiger partial charge >= 0.3 is 0 Å². The second-order valence-electron chi connectivity index (χ2n) is 5.09. The molecule has 0 aromatic heterocycles. The first-order chi connectivity index (χ1) is 9.60. The summed E-state index contributed by atoms with van der Waals surface area (Å²) in [5.74, 6) is -0.168. The van der Waals surface area contributed by atoms with Crippen LogP contribution >= 0.6 is 0 Å². The minimum Gasteiger partial charge on any atom is -0.392 e. The van der Waals surface area contributed by atoms with E-state index >= 15 is 0 Å². The molecule has 0 aliphatic rings. The quantitative estimate of drug-likeness (QED) is 0.874. The van der Waals surface area contributed by atoms with Crippen LogP contribution in [-0.4, -0.2) is 5.11 Å². The monoisotopic (exact) mass is 273 g/mol. The number of aliphatic hydroxyl groups excluding tert-OH is 1. The molecular weight excluding hydrogens is 253 g/mol. The molecular formula is C17H20FNO. The second kappa shape index (κ2) is 6.64. The molecule has 3 heteroatoms. The first-order valence-corrected chi connectivity index (χ1v) is 6.78. The van der Waals surface area contributed by atoms with E-state index in [4.69, 9.17) is 5.11 Å². The lowest BCUT2D eigenvalue weighted by Gasteiger charge is -2.15. The molecule has 0 aliphatic carbocycles. The third-order valence-corrected chi connectivity index (χ3v) is 3.48. The van der Waals surface area contributed by atoms with Crippen molar-refractivity contribution < 1.29 is 9.50 Å². The predicted molar refractivity (Wildman–Crippen MR) is 78.8 cm³/mol. The van der Waals surface area contributed by atoms with Gasteiger partial charge in [0.2, 0.25) is 0 Å². The standard InChI is InChI=1S/C17H20FNO/c1-12-6-7-16(9-17(12)18)13(2)19-10-14-4-3-5-15(8-14)11-20/h3-9,13,19-20H,10-11H2,1-2H3. The SMILES string of the molecule is Cc1ccc(C(C)NCc2cccc(CO)c2)cc1F. The van der Waals surface area contributed by atoms with Crippen LogP contribution in [0.3, 0.4) is 0 Å². The Labute approximate surface area is 119 Å². The highest BCUT2D eigenvalue weighted by Gasteiger charge is 2.07. The molecule has 1 atom stereocenters. The number of benzene rings is 2. The Bertz CT molecular complexity index is 583. The molecule has 2 rings (SSSR count). The Morgan fingerprint density at radius 2 is 1.90 bits per heavy atom.